The van der Waals surface area contributed by atoms with Crippen LogP contribution in [0.5, 0.6) is 0 Å². The van der Waals surface area contributed by atoms with E-state index >= 15 is 0 Å². The first-order valence-electron chi connectivity index (χ1n) is 6.24. The first-order valence-corrected chi connectivity index (χ1v) is 7.91. The van der Waals surface area contributed by atoms with Crippen molar-refractivity contribution < 1.29 is 9.53 Å². The molecule has 0 saturated carbocycles. The van der Waals surface area contributed by atoms with E-state index in [9.17, 15) is 4.79 Å². The fraction of sp³-hybridized carbons (Fsp3) is 0.500. The van der Waals surface area contributed by atoms with Crippen molar-refractivity contribution in [1.82, 2.24) is 4.90 Å². The highest BCUT2D eigenvalue weighted by Crippen LogP contribution is 2.34. The lowest BCUT2D eigenvalue weighted by atomic mass is 10.2. The summed E-state index contributed by atoms with van der Waals surface area (Å²) in [5, 5.41) is 0.450. The maximum absolute atomic E-state index is 11.8. The van der Waals surface area contributed by atoms with Gasteiger partial charge in [-0.05, 0) is 48.8 Å². The lowest BCUT2D eigenvalue weighted by Gasteiger charge is -2.39. The molecule has 5 heteroatoms. The molecule has 0 aromatic heterocycles. The van der Waals surface area contributed by atoms with Crippen LogP contribution in [0.2, 0.25) is 0 Å². The lowest BCUT2D eigenvalue weighted by Crippen LogP contribution is -2.53. The van der Waals surface area contributed by atoms with Crippen LogP contribution in [0.25, 0.3) is 0 Å². The zero-order chi connectivity index (χ0) is 14.0. The second kappa shape index (κ2) is 5.75. The van der Waals surface area contributed by atoms with Crippen LogP contribution in [-0.2, 0) is 4.74 Å². The third kappa shape index (κ3) is 4.14. The third-order valence-electron chi connectivity index (χ3n) is 2.63. The highest BCUT2D eigenvalue weighted by molar-refractivity contribution is 9.10. The number of likely N-dealkylation sites (tertiary alicyclic amines) is 1. The summed E-state index contributed by atoms with van der Waals surface area (Å²) in [6.07, 6.45) is -0.212. The second-order valence-electron chi connectivity index (χ2n) is 5.56. The Bertz CT molecular complexity index is 467. The molecule has 0 radical (unpaired) electrons. The molecule has 0 unspecified atom stereocenters. The summed E-state index contributed by atoms with van der Waals surface area (Å²) >= 11 is 5.34. The number of hydrogen-bond donors (Lipinski definition) is 0. The van der Waals surface area contributed by atoms with E-state index in [1.807, 2.05) is 39.0 Å². The van der Waals surface area contributed by atoms with Gasteiger partial charge < -0.3 is 9.64 Å². The molecule has 104 valence electrons. The predicted octanol–water partition coefficient (Wildman–Crippen LogP) is 4.16. The number of carbonyl (C=O) groups is 1. The summed E-state index contributed by atoms with van der Waals surface area (Å²) in [5.41, 5.74) is -0.419. The molecule has 0 aliphatic carbocycles. The molecular formula is C14H18BrNO2S. The Morgan fingerprint density at radius 1 is 1.37 bits per heavy atom. The minimum atomic E-state index is -0.419. The van der Waals surface area contributed by atoms with Gasteiger partial charge in [0.2, 0.25) is 0 Å². The number of halogens is 1. The SMILES string of the molecule is CC(C)(C)OC(=O)N1CC(Sc2ccccc2Br)C1. The molecule has 0 spiro atoms. The van der Waals surface area contributed by atoms with E-state index in [0.717, 1.165) is 17.6 Å². The highest BCUT2D eigenvalue weighted by atomic mass is 79.9. The van der Waals surface area contributed by atoms with Crippen LogP contribution in [0, 0.1) is 0 Å². The molecule has 1 aliphatic rings. The summed E-state index contributed by atoms with van der Waals surface area (Å²) in [6, 6.07) is 8.15. The standard InChI is InChI=1S/C14H18BrNO2S/c1-14(2,3)18-13(17)16-8-10(9-16)19-12-7-5-4-6-11(12)15/h4-7,10H,8-9H2,1-3H3. The van der Waals surface area contributed by atoms with Crippen molar-refractivity contribution in [1.29, 1.82) is 0 Å². The number of nitrogens with zero attached hydrogens (tertiary/aromatic N) is 1. The van der Waals surface area contributed by atoms with Gasteiger partial charge in [0.25, 0.3) is 0 Å². The Morgan fingerprint density at radius 2 is 2.00 bits per heavy atom. The fourth-order valence-corrected chi connectivity index (χ4v) is 3.48. The van der Waals surface area contributed by atoms with Gasteiger partial charge in [-0.15, -0.1) is 11.8 Å². The van der Waals surface area contributed by atoms with Gasteiger partial charge in [-0.25, -0.2) is 4.79 Å². The molecule has 1 amide bonds. The van der Waals surface area contributed by atoms with Crippen LogP contribution in [0.3, 0.4) is 0 Å². The predicted molar refractivity (Wildman–Crippen MR) is 81.6 cm³/mol. The van der Waals surface area contributed by atoms with Gasteiger partial charge in [-0.1, -0.05) is 12.1 Å². The second-order valence-corrected chi connectivity index (χ2v) is 7.75. The monoisotopic (exact) mass is 343 g/mol. The molecule has 2 rings (SSSR count). The highest BCUT2D eigenvalue weighted by Gasteiger charge is 2.34. The molecule has 3 nitrogen and oxygen atoms in total. The van der Waals surface area contributed by atoms with Gasteiger partial charge in [-0.2, -0.15) is 0 Å². The fourth-order valence-electron chi connectivity index (χ4n) is 1.71. The summed E-state index contributed by atoms with van der Waals surface area (Å²) in [5.74, 6) is 0. The molecule has 1 fully saturated rings. The van der Waals surface area contributed by atoms with Crippen molar-refractivity contribution in [3.05, 3.63) is 28.7 Å². The quantitative estimate of drug-likeness (QED) is 0.807. The molecule has 0 atom stereocenters. The van der Waals surface area contributed by atoms with Gasteiger partial charge in [0.1, 0.15) is 5.60 Å². The van der Waals surface area contributed by atoms with Crippen molar-refractivity contribution in [2.24, 2.45) is 0 Å². The average Bonchev–Trinajstić information content (AvgIpc) is 2.22. The van der Waals surface area contributed by atoms with Crippen molar-refractivity contribution in [2.75, 3.05) is 13.1 Å². The van der Waals surface area contributed by atoms with E-state index in [-0.39, 0.29) is 6.09 Å². The number of hydrogen-bond acceptors (Lipinski definition) is 3. The summed E-state index contributed by atoms with van der Waals surface area (Å²) in [4.78, 5) is 14.8. The van der Waals surface area contributed by atoms with Crippen molar-refractivity contribution in [3.8, 4) is 0 Å². The number of carbonyl (C=O) groups excluding carboxylic acids is 1. The van der Waals surface area contributed by atoms with E-state index in [4.69, 9.17) is 4.74 Å². The zero-order valence-electron chi connectivity index (χ0n) is 11.4. The Kier molecular flexibility index (Phi) is 4.46. The molecule has 1 aromatic rings. The van der Waals surface area contributed by atoms with Crippen molar-refractivity contribution in [3.63, 3.8) is 0 Å². The maximum Gasteiger partial charge on any atom is 0.410 e. The molecule has 0 N–H and O–H groups in total. The topological polar surface area (TPSA) is 29.5 Å². The molecule has 1 aromatic carbocycles. The van der Waals surface area contributed by atoms with Crippen LogP contribution in [0.1, 0.15) is 20.8 Å². The van der Waals surface area contributed by atoms with E-state index < -0.39 is 5.60 Å². The molecule has 1 saturated heterocycles. The first-order chi connectivity index (χ1) is 8.85. The Morgan fingerprint density at radius 3 is 2.58 bits per heavy atom. The number of ether oxygens (including phenoxy) is 1. The van der Waals surface area contributed by atoms with E-state index in [1.54, 1.807) is 16.7 Å². The van der Waals surface area contributed by atoms with E-state index in [1.165, 1.54) is 4.90 Å². The normalized spacial score (nSPS) is 16.1. The van der Waals surface area contributed by atoms with Crippen LogP contribution in [-0.4, -0.2) is 34.9 Å². The van der Waals surface area contributed by atoms with Crippen molar-refractivity contribution in [2.45, 2.75) is 36.5 Å². The van der Waals surface area contributed by atoms with Crippen LogP contribution < -0.4 is 0 Å². The number of amides is 1. The minimum Gasteiger partial charge on any atom is -0.444 e. The Balaban J connectivity index is 1.81. The Labute approximate surface area is 126 Å². The third-order valence-corrected chi connectivity index (χ3v) is 4.83. The summed E-state index contributed by atoms with van der Waals surface area (Å²) < 4.78 is 6.44. The molecule has 19 heavy (non-hydrogen) atoms. The summed E-state index contributed by atoms with van der Waals surface area (Å²) in [6.45, 7) is 7.16. The molecular weight excluding hydrogens is 326 g/mol. The lowest BCUT2D eigenvalue weighted by molar-refractivity contribution is 0.0144. The maximum atomic E-state index is 11.8. The smallest absolute Gasteiger partial charge is 0.410 e. The zero-order valence-corrected chi connectivity index (χ0v) is 13.8. The van der Waals surface area contributed by atoms with E-state index in [0.29, 0.717) is 5.25 Å². The molecule has 1 heterocycles. The number of thioether (sulfide) groups is 1. The summed E-state index contributed by atoms with van der Waals surface area (Å²) in [7, 11) is 0. The molecule has 1 aliphatic heterocycles. The largest absolute Gasteiger partial charge is 0.444 e. The van der Waals surface area contributed by atoms with Gasteiger partial charge >= 0.3 is 6.09 Å². The number of benzene rings is 1. The van der Waals surface area contributed by atoms with Crippen LogP contribution >= 0.6 is 27.7 Å². The van der Waals surface area contributed by atoms with Gasteiger partial charge in [0.05, 0.1) is 0 Å². The van der Waals surface area contributed by atoms with Crippen LogP contribution in [0.15, 0.2) is 33.6 Å². The van der Waals surface area contributed by atoms with Gasteiger partial charge in [-0.3, -0.25) is 0 Å². The first kappa shape index (κ1) is 14.7. The van der Waals surface area contributed by atoms with E-state index in [2.05, 4.69) is 22.0 Å². The molecule has 0 bridgehead atoms. The van der Waals surface area contributed by atoms with Crippen molar-refractivity contribution >= 4 is 33.8 Å². The average molecular weight is 344 g/mol. The van der Waals surface area contributed by atoms with Gasteiger partial charge in [0, 0.05) is 27.7 Å². The number of rotatable bonds is 2. The van der Waals surface area contributed by atoms with Gasteiger partial charge in [0.15, 0.2) is 0 Å². The van der Waals surface area contributed by atoms with Crippen LogP contribution in [0.4, 0.5) is 4.79 Å². The Hall–Kier alpha value is -0.680. The minimum absolute atomic E-state index is 0.212.